The predicted molar refractivity (Wildman–Crippen MR) is 99.8 cm³/mol. The minimum absolute atomic E-state index is 0.205. The summed E-state index contributed by atoms with van der Waals surface area (Å²) in [5.41, 5.74) is 1.63. The third-order valence-electron chi connectivity index (χ3n) is 4.25. The van der Waals surface area contributed by atoms with Crippen molar-refractivity contribution in [3.8, 4) is 11.8 Å². The van der Waals surface area contributed by atoms with Crippen LogP contribution in [0.25, 0.3) is 0 Å². The number of rotatable bonds is 4. The lowest BCUT2D eigenvalue weighted by Crippen LogP contribution is -2.12. The van der Waals surface area contributed by atoms with E-state index in [1.165, 1.54) is 4.88 Å². The minimum Gasteiger partial charge on any atom is -0.424 e. The highest BCUT2D eigenvalue weighted by atomic mass is 32.1. The first kappa shape index (κ1) is 16.7. The largest absolute Gasteiger partial charge is 0.424 e. The molecule has 1 N–H and O–H groups in total. The second kappa shape index (κ2) is 7.21. The highest BCUT2D eigenvalue weighted by Gasteiger charge is 2.20. The number of ether oxygens (including phenoxy) is 1. The molecule has 1 amide bonds. The van der Waals surface area contributed by atoms with Gasteiger partial charge in [-0.15, -0.1) is 11.3 Å². The Balaban J connectivity index is 1.47. The molecule has 0 spiro atoms. The van der Waals surface area contributed by atoms with E-state index in [1.807, 2.05) is 0 Å². The highest BCUT2D eigenvalue weighted by Crippen LogP contribution is 2.32. The number of hydrogen-bond acceptors (Lipinski definition) is 6. The number of fused-ring (bicyclic) bond motifs is 1. The molecule has 2 aromatic heterocycles. The van der Waals surface area contributed by atoms with E-state index in [4.69, 9.17) is 4.74 Å². The second-order valence-electron chi connectivity index (χ2n) is 6.35. The quantitative estimate of drug-likeness (QED) is 0.752. The van der Waals surface area contributed by atoms with Crippen LogP contribution in [0.4, 0.5) is 5.13 Å². The Hall–Kier alpha value is -2.80. The smallest absolute Gasteiger partial charge is 0.321 e. The van der Waals surface area contributed by atoms with Crippen molar-refractivity contribution < 1.29 is 9.53 Å². The number of hydrogen-bond donors (Lipinski definition) is 1. The molecule has 0 bridgehead atoms. The van der Waals surface area contributed by atoms with Crippen LogP contribution in [0.2, 0.25) is 0 Å². The number of nitrogens with zero attached hydrogens (tertiary/aromatic N) is 3. The second-order valence-corrected chi connectivity index (χ2v) is 7.44. The van der Waals surface area contributed by atoms with E-state index in [0.717, 1.165) is 25.0 Å². The Morgan fingerprint density at radius 2 is 2.12 bits per heavy atom. The van der Waals surface area contributed by atoms with Crippen LogP contribution in [-0.4, -0.2) is 20.9 Å². The van der Waals surface area contributed by atoms with Gasteiger partial charge in [0.15, 0.2) is 5.13 Å². The van der Waals surface area contributed by atoms with Crippen molar-refractivity contribution in [2.75, 3.05) is 5.32 Å². The predicted octanol–water partition coefficient (Wildman–Crippen LogP) is 4.10. The molecule has 132 valence electrons. The van der Waals surface area contributed by atoms with Crippen LogP contribution in [-0.2, 0) is 12.8 Å². The first-order valence-electron chi connectivity index (χ1n) is 8.52. The van der Waals surface area contributed by atoms with Gasteiger partial charge in [0.1, 0.15) is 5.75 Å². The van der Waals surface area contributed by atoms with Gasteiger partial charge in [-0.1, -0.05) is 13.0 Å². The molecule has 0 saturated heterocycles. The summed E-state index contributed by atoms with van der Waals surface area (Å²) < 4.78 is 5.58. The van der Waals surface area contributed by atoms with Crippen molar-refractivity contribution >= 4 is 22.4 Å². The number of nitrogens with one attached hydrogen (secondary N) is 1. The van der Waals surface area contributed by atoms with Gasteiger partial charge >= 0.3 is 6.01 Å². The Labute approximate surface area is 155 Å². The number of carbonyl (C=O) groups excluding carboxylic acids is 1. The normalized spacial score (nSPS) is 16.0. The number of amides is 1. The number of aromatic nitrogens is 3. The molecule has 1 aliphatic rings. The van der Waals surface area contributed by atoms with E-state index >= 15 is 0 Å². The third-order valence-corrected chi connectivity index (χ3v) is 5.29. The van der Waals surface area contributed by atoms with Crippen molar-refractivity contribution in [2.45, 2.75) is 26.2 Å². The molecular weight excluding hydrogens is 348 g/mol. The summed E-state index contributed by atoms with van der Waals surface area (Å²) in [7, 11) is 0. The van der Waals surface area contributed by atoms with E-state index in [9.17, 15) is 4.79 Å². The summed E-state index contributed by atoms with van der Waals surface area (Å²) in [5, 5.41) is 3.56. The molecule has 1 atom stereocenters. The topological polar surface area (TPSA) is 77.0 Å². The summed E-state index contributed by atoms with van der Waals surface area (Å²) in [5.74, 6) is 0.986. The summed E-state index contributed by atoms with van der Waals surface area (Å²) in [6.07, 6.45) is 6.39. The van der Waals surface area contributed by atoms with Gasteiger partial charge in [0.05, 0.1) is 5.69 Å². The van der Waals surface area contributed by atoms with Crippen molar-refractivity contribution in [1.29, 1.82) is 0 Å². The van der Waals surface area contributed by atoms with Gasteiger partial charge < -0.3 is 4.74 Å². The number of anilines is 1. The maximum atomic E-state index is 12.6. The summed E-state index contributed by atoms with van der Waals surface area (Å²) in [6.45, 7) is 2.25. The zero-order valence-electron chi connectivity index (χ0n) is 14.3. The number of thiazole rings is 1. The molecular formula is C19H18N4O2S. The van der Waals surface area contributed by atoms with E-state index < -0.39 is 0 Å². The molecule has 0 saturated carbocycles. The van der Waals surface area contributed by atoms with Crippen LogP contribution >= 0.6 is 11.3 Å². The zero-order valence-corrected chi connectivity index (χ0v) is 15.1. The molecule has 1 aliphatic carbocycles. The Morgan fingerprint density at radius 1 is 1.27 bits per heavy atom. The van der Waals surface area contributed by atoms with Crippen LogP contribution in [0.5, 0.6) is 11.8 Å². The lowest BCUT2D eigenvalue weighted by atomic mass is 9.93. The Morgan fingerprint density at radius 3 is 2.96 bits per heavy atom. The zero-order chi connectivity index (χ0) is 17.9. The third kappa shape index (κ3) is 3.72. The number of benzene rings is 1. The van der Waals surface area contributed by atoms with Crippen molar-refractivity contribution in [3.05, 3.63) is 58.9 Å². The Bertz CT molecular complexity index is 926. The molecule has 26 heavy (non-hydrogen) atoms. The maximum Gasteiger partial charge on any atom is 0.321 e. The average molecular weight is 366 g/mol. The first-order chi connectivity index (χ1) is 12.7. The van der Waals surface area contributed by atoms with E-state index in [1.54, 1.807) is 54.1 Å². The molecule has 6 nitrogen and oxygen atoms in total. The fourth-order valence-electron chi connectivity index (χ4n) is 2.91. The van der Waals surface area contributed by atoms with Crippen LogP contribution in [0.3, 0.4) is 0 Å². The lowest BCUT2D eigenvalue weighted by Gasteiger charge is -2.15. The minimum atomic E-state index is -0.205. The van der Waals surface area contributed by atoms with Gasteiger partial charge in [-0.05, 0) is 49.4 Å². The maximum absolute atomic E-state index is 12.6. The molecule has 1 unspecified atom stereocenters. The molecule has 1 aromatic carbocycles. The number of aryl methyl sites for hydroxylation is 1. The van der Waals surface area contributed by atoms with Gasteiger partial charge in [-0.25, -0.2) is 15.0 Å². The molecule has 4 rings (SSSR count). The van der Waals surface area contributed by atoms with Gasteiger partial charge in [-0.3, -0.25) is 10.1 Å². The van der Waals surface area contributed by atoms with Crippen LogP contribution in [0, 0.1) is 5.92 Å². The van der Waals surface area contributed by atoms with Crippen LogP contribution < -0.4 is 10.1 Å². The molecule has 0 radical (unpaired) electrons. The highest BCUT2D eigenvalue weighted by molar-refractivity contribution is 7.15. The van der Waals surface area contributed by atoms with E-state index in [0.29, 0.717) is 22.4 Å². The monoisotopic (exact) mass is 366 g/mol. The molecule has 3 aromatic rings. The average Bonchev–Trinajstić information content (AvgIpc) is 3.04. The van der Waals surface area contributed by atoms with Crippen molar-refractivity contribution in [3.63, 3.8) is 0 Å². The van der Waals surface area contributed by atoms with E-state index in [-0.39, 0.29) is 11.9 Å². The summed E-state index contributed by atoms with van der Waals surface area (Å²) in [6, 6.07) is 8.89. The van der Waals surface area contributed by atoms with Crippen molar-refractivity contribution in [2.24, 2.45) is 5.92 Å². The fraction of sp³-hybridized carbons (Fsp3) is 0.263. The van der Waals surface area contributed by atoms with Gasteiger partial charge in [0.2, 0.25) is 0 Å². The first-order valence-corrected chi connectivity index (χ1v) is 9.34. The van der Waals surface area contributed by atoms with Gasteiger partial charge in [0, 0.05) is 22.8 Å². The van der Waals surface area contributed by atoms with Crippen LogP contribution in [0.1, 0.15) is 34.3 Å². The Kier molecular flexibility index (Phi) is 4.62. The number of carbonyl (C=O) groups is 1. The summed E-state index contributed by atoms with van der Waals surface area (Å²) in [4.78, 5) is 26.5. The van der Waals surface area contributed by atoms with Gasteiger partial charge in [-0.2, -0.15) is 0 Å². The molecule has 7 heteroatoms. The lowest BCUT2D eigenvalue weighted by molar-refractivity contribution is 0.102. The molecule has 2 heterocycles. The molecule has 0 aliphatic heterocycles. The molecule has 0 fully saturated rings. The van der Waals surface area contributed by atoms with Crippen molar-refractivity contribution in [1.82, 2.24) is 15.0 Å². The van der Waals surface area contributed by atoms with Crippen LogP contribution in [0.15, 0.2) is 42.7 Å². The fourth-order valence-corrected chi connectivity index (χ4v) is 4.07. The SMILES string of the molecule is CC1CCc2nc(NC(=O)c3cccc(Oc4ncccn4)c3)sc2C1. The standard InChI is InChI=1S/C19H18N4O2S/c1-12-6-7-15-16(10-12)26-19(22-15)23-17(24)13-4-2-5-14(11-13)25-18-20-8-3-9-21-18/h2-5,8-9,11-12H,6-7,10H2,1H3,(H,22,23,24). The summed E-state index contributed by atoms with van der Waals surface area (Å²) >= 11 is 1.57. The van der Waals surface area contributed by atoms with Gasteiger partial charge in [0.25, 0.3) is 5.91 Å². The van der Waals surface area contributed by atoms with E-state index in [2.05, 4.69) is 27.2 Å².